The van der Waals surface area contributed by atoms with E-state index in [9.17, 15) is 0 Å². The summed E-state index contributed by atoms with van der Waals surface area (Å²) < 4.78 is 6.86. The lowest BCUT2D eigenvalue weighted by Crippen LogP contribution is -2.72. The van der Waals surface area contributed by atoms with Gasteiger partial charge in [-0.05, 0) is 18.2 Å². The summed E-state index contributed by atoms with van der Waals surface area (Å²) in [4.78, 5) is 3.50. The molecule has 2 heteroatoms. The van der Waals surface area contributed by atoms with Gasteiger partial charge >= 0.3 is 5.90 Å². The second kappa shape index (κ2) is 6.82. The number of nitrogens with one attached hydrogen (secondary N) is 1. The summed E-state index contributed by atoms with van der Waals surface area (Å²) >= 11 is 0. The molecule has 1 aliphatic heterocycles. The summed E-state index contributed by atoms with van der Waals surface area (Å²) in [5.74, 6) is 0.756. The van der Waals surface area contributed by atoms with E-state index >= 15 is 0 Å². The molecule has 0 fully saturated rings. The number of ether oxygens (including phenoxy) is 1. The molecule has 1 aliphatic rings. The molecule has 0 bridgehead atoms. The van der Waals surface area contributed by atoms with E-state index in [1.165, 1.54) is 0 Å². The van der Waals surface area contributed by atoms with E-state index < -0.39 is 5.60 Å². The van der Waals surface area contributed by atoms with E-state index in [1.807, 2.05) is 30.3 Å². The van der Waals surface area contributed by atoms with E-state index in [1.54, 1.807) is 0 Å². The molecule has 1 heterocycles. The highest BCUT2D eigenvalue weighted by molar-refractivity contribution is 5.92. The normalized spacial score (nSPS) is 14.5. The average molecular weight is 362 g/mol. The molecule has 0 amide bonds. The van der Waals surface area contributed by atoms with Crippen molar-refractivity contribution < 1.29 is 9.73 Å². The third-order valence-electron chi connectivity index (χ3n) is 5.21. The maximum atomic E-state index is 6.86. The molecular weight excluding hydrogens is 342 g/mol. The maximum absolute atomic E-state index is 6.86. The highest BCUT2D eigenvalue weighted by Gasteiger charge is 2.47. The molecule has 2 nitrogen and oxygen atoms in total. The van der Waals surface area contributed by atoms with Crippen molar-refractivity contribution in [2.24, 2.45) is 0 Å². The lowest BCUT2D eigenvalue weighted by Gasteiger charge is -2.36. The molecule has 0 saturated carbocycles. The summed E-state index contributed by atoms with van der Waals surface area (Å²) in [7, 11) is 0. The largest absolute Gasteiger partial charge is 0.422 e. The minimum atomic E-state index is -0.727. The molecule has 0 aromatic heterocycles. The van der Waals surface area contributed by atoms with Crippen molar-refractivity contribution in [1.29, 1.82) is 0 Å². The Bertz CT molecular complexity index is 1080. The molecule has 1 N–H and O–H groups in total. The Hall–Kier alpha value is -3.65. The topological polar surface area (TPSA) is 23.2 Å². The monoisotopic (exact) mass is 362 g/mol. The third-order valence-corrected chi connectivity index (χ3v) is 5.21. The number of fused-ring (bicyclic) bond motifs is 1. The van der Waals surface area contributed by atoms with Crippen LogP contribution in [0.5, 0.6) is 0 Å². The Morgan fingerprint density at radius 3 is 1.64 bits per heavy atom. The number of para-hydroxylation sites is 1. The van der Waals surface area contributed by atoms with Crippen molar-refractivity contribution in [3.8, 4) is 0 Å². The Balaban J connectivity index is 1.83. The fraction of sp³-hybridized carbons (Fsp3) is 0.0385. The van der Waals surface area contributed by atoms with Crippen LogP contribution in [0.2, 0.25) is 0 Å². The second-order valence-corrected chi connectivity index (χ2v) is 6.88. The van der Waals surface area contributed by atoms with Crippen molar-refractivity contribution >= 4 is 11.6 Å². The fourth-order valence-electron chi connectivity index (χ4n) is 3.92. The van der Waals surface area contributed by atoms with E-state index in [2.05, 4.69) is 89.9 Å². The standard InChI is InChI=1S/C26H19NO/c1-4-12-20(13-5-1)25-27-24-19-11-10-18-23(24)26(28-25,21-14-6-2-7-15-21)22-16-8-3-9-17-22/h1-19H/p+1. The van der Waals surface area contributed by atoms with Gasteiger partial charge in [-0.2, -0.15) is 4.99 Å². The Morgan fingerprint density at radius 2 is 1.04 bits per heavy atom. The highest BCUT2D eigenvalue weighted by atomic mass is 16.5. The van der Waals surface area contributed by atoms with Gasteiger partial charge in [-0.15, -0.1) is 0 Å². The van der Waals surface area contributed by atoms with Crippen LogP contribution in [0.3, 0.4) is 0 Å². The average Bonchev–Trinajstić information content (AvgIpc) is 2.80. The zero-order chi connectivity index (χ0) is 18.8. The van der Waals surface area contributed by atoms with Crippen LogP contribution in [0.1, 0.15) is 22.3 Å². The summed E-state index contributed by atoms with van der Waals surface area (Å²) in [6.07, 6.45) is 0. The van der Waals surface area contributed by atoms with Crippen LogP contribution in [0.15, 0.2) is 115 Å². The number of hydrogen-bond donors (Lipinski definition) is 1. The first-order valence-electron chi connectivity index (χ1n) is 9.47. The van der Waals surface area contributed by atoms with Crippen molar-refractivity contribution in [3.05, 3.63) is 138 Å². The van der Waals surface area contributed by atoms with Gasteiger partial charge in [0.1, 0.15) is 0 Å². The molecule has 28 heavy (non-hydrogen) atoms. The van der Waals surface area contributed by atoms with Crippen LogP contribution < -0.4 is 4.99 Å². The molecule has 0 unspecified atom stereocenters. The van der Waals surface area contributed by atoms with E-state index in [-0.39, 0.29) is 0 Å². The van der Waals surface area contributed by atoms with Crippen LogP contribution in [-0.4, -0.2) is 5.90 Å². The minimum Gasteiger partial charge on any atom is -0.422 e. The molecular formula is C26H20NO+. The zero-order valence-electron chi connectivity index (χ0n) is 15.4. The van der Waals surface area contributed by atoms with Gasteiger partial charge in [0.2, 0.25) is 5.69 Å². The van der Waals surface area contributed by atoms with Crippen LogP contribution in [0.4, 0.5) is 5.69 Å². The van der Waals surface area contributed by atoms with Gasteiger partial charge in [-0.1, -0.05) is 91.0 Å². The SMILES string of the molecule is c1ccc(C2=[NH+]c3ccccc3C(c3ccccc3)(c3ccccc3)O2)cc1. The van der Waals surface area contributed by atoms with Gasteiger partial charge in [-0.25, -0.2) is 0 Å². The molecule has 4 aromatic carbocycles. The first-order valence-corrected chi connectivity index (χ1v) is 9.47. The smallest absolute Gasteiger partial charge is 0.375 e. The van der Waals surface area contributed by atoms with Gasteiger partial charge < -0.3 is 4.74 Å². The van der Waals surface area contributed by atoms with Crippen LogP contribution in [-0.2, 0) is 10.3 Å². The van der Waals surface area contributed by atoms with Gasteiger partial charge in [0.25, 0.3) is 0 Å². The van der Waals surface area contributed by atoms with Crippen molar-refractivity contribution in [2.75, 3.05) is 0 Å². The molecule has 4 aromatic rings. The van der Waals surface area contributed by atoms with E-state index in [0.717, 1.165) is 33.8 Å². The van der Waals surface area contributed by atoms with Gasteiger partial charge in [0.05, 0.1) is 11.1 Å². The molecule has 0 spiro atoms. The Labute approximate surface area is 164 Å². The molecule has 0 saturated heterocycles. The Morgan fingerprint density at radius 1 is 0.536 bits per heavy atom. The van der Waals surface area contributed by atoms with Crippen molar-refractivity contribution in [1.82, 2.24) is 0 Å². The molecule has 0 atom stereocenters. The highest BCUT2D eigenvalue weighted by Crippen LogP contribution is 2.43. The maximum Gasteiger partial charge on any atom is 0.375 e. The predicted octanol–water partition coefficient (Wildman–Crippen LogP) is 4.17. The summed E-state index contributed by atoms with van der Waals surface area (Å²) in [5.41, 5.74) is 4.66. The third kappa shape index (κ3) is 2.62. The molecule has 0 aliphatic carbocycles. The van der Waals surface area contributed by atoms with Gasteiger partial charge in [-0.3, -0.25) is 0 Å². The molecule has 5 rings (SSSR count). The number of hydrogen-bond acceptors (Lipinski definition) is 1. The summed E-state index contributed by atoms with van der Waals surface area (Å²) in [6, 6.07) is 39.5. The lowest BCUT2D eigenvalue weighted by atomic mass is 9.78. The minimum absolute atomic E-state index is 0.727. The second-order valence-electron chi connectivity index (χ2n) is 6.88. The van der Waals surface area contributed by atoms with Crippen LogP contribution in [0.25, 0.3) is 0 Å². The quantitative estimate of drug-likeness (QED) is 0.581. The number of benzene rings is 4. The number of rotatable bonds is 3. The summed E-state index contributed by atoms with van der Waals surface area (Å²) in [5, 5.41) is 0. The lowest BCUT2D eigenvalue weighted by molar-refractivity contribution is -0.378. The van der Waals surface area contributed by atoms with Gasteiger partial charge in [0.15, 0.2) is 5.60 Å². The summed E-state index contributed by atoms with van der Waals surface area (Å²) in [6.45, 7) is 0. The first-order chi connectivity index (χ1) is 13.9. The van der Waals surface area contributed by atoms with Gasteiger partial charge in [0, 0.05) is 17.2 Å². The molecule has 134 valence electrons. The van der Waals surface area contributed by atoms with Crippen LogP contribution in [0, 0.1) is 0 Å². The van der Waals surface area contributed by atoms with E-state index in [0.29, 0.717) is 0 Å². The van der Waals surface area contributed by atoms with Crippen molar-refractivity contribution in [2.45, 2.75) is 5.60 Å². The predicted molar refractivity (Wildman–Crippen MR) is 111 cm³/mol. The van der Waals surface area contributed by atoms with Crippen molar-refractivity contribution in [3.63, 3.8) is 0 Å². The fourth-order valence-corrected chi connectivity index (χ4v) is 3.92. The Kier molecular flexibility index (Phi) is 4.02. The first kappa shape index (κ1) is 16.5. The van der Waals surface area contributed by atoms with E-state index in [4.69, 9.17) is 4.74 Å². The van der Waals surface area contributed by atoms with Crippen LogP contribution >= 0.6 is 0 Å². The zero-order valence-corrected chi connectivity index (χ0v) is 15.4. The molecule has 0 radical (unpaired) electrons.